The number of benzene rings is 1. The summed E-state index contributed by atoms with van der Waals surface area (Å²) >= 11 is 0. The van der Waals surface area contributed by atoms with Crippen molar-refractivity contribution in [1.82, 2.24) is 5.32 Å². The third-order valence-electron chi connectivity index (χ3n) is 2.85. The molecule has 0 amide bonds. The molecule has 3 N–H and O–H groups in total. The van der Waals surface area contributed by atoms with E-state index in [0.717, 1.165) is 5.56 Å². The van der Waals surface area contributed by atoms with Gasteiger partial charge in [0, 0.05) is 17.6 Å². The molecule has 0 aliphatic carbocycles. The van der Waals surface area contributed by atoms with Gasteiger partial charge in [-0.3, -0.25) is 0 Å². The molecule has 0 bridgehead atoms. The molecule has 1 aromatic carbocycles. The molecule has 0 saturated heterocycles. The molecule has 118 valence electrons. The number of carboxylic acid groups (broad SMARTS) is 1. The molecule has 0 heterocycles. The first kappa shape index (κ1) is 17.3. The molecule has 0 radical (unpaired) electrons. The van der Waals surface area contributed by atoms with E-state index in [2.05, 4.69) is 5.32 Å². The molecule has 0 spiro atoms. The number of aliphatic hydroxyl groups is 1. The maximum atomic E-state index is 10.7. The Morgan fingerprint density at radius 2 is 2.05 bits per heavy atom. The van der Waals surface area contributed by atoms with E-state index in [1.54, 1.807) is 6.07 Å². The summed E-state index contributed by atoms with van der Waals surface area (Å²) in [6.07, 6.45) is 0. The van der Waals surface area contributed by atoms with E-state index < -0.39 is 18.1 Å². The van der Waals surface area contributed by atoms with Crippen LogP contribution in [0.2, 0.25) is 0 Å². The molecule has 21 heavy (non-hydrogen) atoms. The van der Waals surface area contributed by atoms with E-state index in [4.69, 9.17) is 14.6 Å². The van der Waals surface area contributed by atoms with Crippen molar-refractivity contribution in [3.05, 3.63) is 23.8 Å². The Kier molecular flexibility index (Phi) is 6.45. The summed E-state index contributed by atoms with van der Waals surface area (Å²) in [6.45, 7) is 6.05. The summed E-state index contributed by atoms with van der Waals surface area (Å²) < 4.78 is 10.8. The molecule has 6 nitrogen and oxygen atoms in total. The van der Waals surface area contributed by atoms with Crippen molar-refractivity contribution < 1.29 is 24.5 Å². The van der Waals surface area contributed by atoms with Gasteiger partial charge < -0.3 is 25.0 Å². The predicted octanol–water partition coefficient (Wildman–Crippen LogP) is 1.41. The second-order valence-electron chi connectivity index (χ2n) is 5.26. The fourth-order valence-electron chi connectivity index (χ4n) is 1.66. The van der Waals surface area contributed by atoms with Crippen molar-refractivity contribution in [3.63, 3.8) is 0 Å². The van der Waals surface area contributed by atoms with Crippen LogP contribution in [0.3, 0.4) is 0 Å². The van der Waals surface area contributed by atoms with Crippen LogP contribution < -0.4 is 14.8 Å². The Bertz CT molecular complexity index is 473. The number of aliphatic hydroxyl groups excluding tert-OH is 1. The van der Waals surface area contributed by atoms with Crippen molar-refractivity contribution in [2.24, 2.45) is 0 Å². The van der Waals surface area contributed by atoms with Gasteiger partial charge in [0.05, 0.1) is 13.2 Å². The number of ether oxygens (including phenoxy) is 2. The number of hydrogen-bond acceptors (Lipinski definition) is 5. The highest BCUT2D eigenvalue weighted by molar-refractivity contribution is 5.68. The Morgan fingerprint density at radius 3 is 2.62 bits per heavy atom. The molecule has 0 aliphatic rings. The summed E-state index contributed by atoms with van der Waals surface area (Å²) in [5.41, 5.74) is 0.342. The third-order valence-corrected chi connectivity index (χ3v) is 2.85. The molecular weight excluding hydrogens is 274 g/mol. The molecule has 0 aliphatic heterocycles. The Labute approximate surface area is 124 Å². The smallest absolute Gasteiger partial charge is 0.341 e. The maximum Gasteiger partial charge on any atom is 0.341 e. The molecule has 1 aromatic rings. The van der Waals surface area contributed by atoms with Gasteiger partial charge in [-0.15, -0.1) is 0 Å². The van der Waals surface area contributed by atoms with E-state index in [0.29, 0.717) is 24.7 Å². The minimum atomic E-state index is -1.05. The largest absolute Gasteiger partial charge is 0.490 e. The van der Waals surface area contributed by atoms with Crippen molar-refractivity contribution in [2.75, 3.05) is 19.8 Å². The van der Waals surface area contributed by atoms with Crippen LogP contribution in [-0.4, -0.2) is 41.5 Å². The highest BCUT2D eigenvalue weighted by atomic mass is 16.5. The quantitative estimate of drug-likeness (QED) is 0.639. The lowest BCUT2D eigenvalue weighted by molar-refractivity contribution is -0.139. The molecule has 0 aromatic heterocycles. The molecule has 1 rings (SSSR count). The van der Waals surface area contributed by atoms with Crippen LogP contribution in [0.25, 0.3) is 0 Å². The summed E-state index contributed by atoms with van der Waals surface area (Å²) in [7, 11) is 0. The number of aliphatic carboxylic acids is 1. The van der Waals surface area contributed by atoms with Crippen LogP contribution in [0, 0.1) is 0 Å². The van der Waals surface area contributed by atoms with Crippen molar-refractivity contribution >= 4 is 5.97 Å². The van der Waals surface area contributed by atoms with E-state index in [9.17, 15) is 9.90 Å². The molecule has 0 fully saturated rings. The zero-order chi connectivity index (χ0) is 15.9. The van der Waals surface area contributed by atoms with Gasteiger partial charge in [0.2, 0.25) is 0 Å². The fourth-order valence-corrected chi connectivity index (χ4v) is 1.66. The van der Waals surface area contributed by atoms with Crippen LogP contribution >= 0.6 is 0 Å². The van der Waals surface area contributed by atoms with Gasteiger partial charge in [-0.05, 0) is 26.8 Å². The second kappa shape index (κ2) is 7.85. The van der Waals surface area contributed by atoms with Crippen LogP contribution in [0.15, 0.2) is 18.2 Å². The van der Waals surface area contributed by atoms with Crippen molar-refractivity contribution in [3.8, 4) is 11.5 Å². The number of nitrogens with one attached hydrogen (secondary N) is 1. The van der Waals surface area contributed by atoms with Gasteiger partial charge >= 0.3 is 5.97 Å². The first-order chi connectivity index (χ1) is 9.89. The molecule has 6 heteroatoms. The van der Waals surface area contributed by atoms with Gasteiger partial charge in [-0.1, -0.05) is 12.1 Å². The molecule has 0 saturated carbocycles. The van der Waals surface area contributed by atoms with Crippen molar-refractivity contribution in [1.29, 1.82) is 0 Å². The van der Waals surface area contributed by atoms with E-state index in [1.165, 1.54) is 0 Å². The minimum Gasteiger partial charge on any atom is -0.490 e. The normalized spacial score (nSPS) is 11.2. The monoisotopic (exact) mass is 297 g/mol. The summed E-state index contributed by atoms with van der Waals surface area (Å²) in [6, 6.07) is 5.39. The zero-order valence-corrected chi connectivity index (χ0v) is 12.7. The van der Waals surface area contributed by atoms with Crippen LogP contribution in [-0.2, 0) is 11.3 Å². The predicted molar refractivity (Wildman–Crippen MR) is 78.7 cm³/mol. The number of para-hydroxylation sites is 1. The third kappa shape index (κ3) is 5.61. The lowest BCUT2D eigenvalue weighted by atomic mass is 10.1. The first-order valence-electron chi connectivity index (χ1n) is 6.84. The van der Waals surface area contributed by atoms with Crippen molar-refractivity contribution in [2.45, 2.75) is 32.9 Å². The second-order valence-corrected chi connectivity index (χ2v) is 5.26. The standard InChI is InChI=1S/C15H23NO5/c1-4-20-12-7-5-6-11(8-16-15(2,3)10-17)14(12)21-9-13(18)19/h5-7,16-17H,4,8-10H2,1-3H3,(H,18,19). The van der Waals surface area contributed by atoms with E-state index >= 15 is 0 Å². The van der Waals surface area contributed by atoms with Gasteiger partial charge in [0.25, 0.3) is 0 Å². The highest BCUT2D eigenvalue weighted by Gasteiger charge is 2.18. The number of rotatable bonds is 9. The molecule has 0 unspecified atom stereocenters. The minimum absolute atomic E-state index is 0.0104. The topological polar surface area (TPSA) is 88.0 Å². The van der Waals surface area contributed by atoms with Gasteiger partial charge in [0.15, 0.2) is 18.1 Å². The van der Waals surface area contributed by atoms with Crippen LogP contribution in [0.1, 0.15) is 26.3 Å². The Hall–Kier alpha value is -1.79. The lowest BCUT2D eigenvalue weighted by Gasteiger charge is -2.24. The Morgan fingerprint density at radius 1 is 1.33 bits per heavy atom. The Balaban J connectivity index is 2.94. The highest BCUT2D eigenvalue weighted by Crippen LogP contribution is 2.31. The van der Waals surface area contributed by atoms with E-state index in [-0.39, 0.29) is 6.61 Å². The first-order valence-corrected chi connectivity index (χ1v) is 6.84. The number of hydrogen-bond donors (Lipinski definition) is 3. The zero-order valence-electron chi connectivity index (χ0n) is 12.7. The lowest BCUT2D eigenvalue weighted by Crippen LogP contribution is -2.42. The average molecular weight is 297 g/mol. The van der Waals surface area contributed by atoms with E-state index in [1.807, 2.05) is 32.9 Å². The molecule has 0 atom stereocenters. The molecular formula is C15H23NO5. The average Bonchev–Trinajstić information content (AvgIpc) is 2.44. The number of carbonyl (C=O) groups is 1. The summed E-state index contributed by atoms with van der Waals surface area (Å²) in [5.74, 6) is -0.112. The SMILES string of the molecule is CCOc1cccc(CNC(C)(C)CO)c1OCC(=O)O. The van der Waals surface area contributed by atoms with Crippen LogP contribution in [0.5, 0.6) is 11.5 Å². The fraction of sp³-hybridized carbons (Fsp3) is 0.533. The van der Waals surface area contributed by atoms with Gasteiger partial charge in [-0.2, -0.15) is 0 Å². The summed E-state index contributed by atoms with van der Waals surface area (Å²) in [4.78, 5) is 10.7. The summed E-state index contributed by atoms with van der Waals surface area (Å²) in [5, 5.41) is 21.2. The van der Waals surface area contributed by atoms with Gasteiger partial charge in [0.1, 0.15) is 0 Å². The maximum absolute atomic E-state index is 10.7. The number of carboxylic acids is 1. The van der Waals surface area contributed by atoms with Gasteiger partial charge in [-0.25, -0.2) is 4.79 Å². The van der Waals surface area contributed by atoms with Crippen LogP contribution in [0.4, 0.5) is 0 Å².